The zero-order chi connectivity index (χ0) is 21.1. The highest BCUT2D eigenvalue weighted by Gasteiger charge is 2.34. The predicted molar refractivity (Wildman–Crippen MR) is 118 cm³/mol. The fraction of sp³-hybridized carbons (Fsp3) is 0.667. The number of benzene rings is 1. The number of hydrogen-bond donors (Lipinski definition) is 1. The van der Waals surface area contributed by atoms with Crippen molar-refractivity contribution in [2.24, 2.45) is 5.92 Å². The second kappa shape index (κ2) is 9.27. The van der Waals surface area contributed by atoms with Crippen LogP contribution in [0, 0.1) is 12.8 Å². The third kappa shape index (κ3) is 4.73. The van der Waals surface area contributed by atoms with Crippen LogP contribution in [0.1, 0.15) is 63.9 Å². The van der Waals surface area contributed by atoms with Gasteiger partial charge in [-0.2, -0.15) is 0 Å². The number of amides is 3. The number of carbonyl (C=O) groups is 2. The van der Waals surface area contributed by atoms with Gasteiger partial charge in [0.1, 0.15) is 11.9 Å². The molecule has 3 amide bonds. The quantitative estimate of drug-likeness (QED) is 0.737. The van der Waals surface area contributed by atoms with Crippen LogP contribution in [0.25, 0.3) is 0 Å². The van der Waals surface area contributed by atoms with Crippen molar-refractivity contribution in [1.29, 1.82) is 0 Å². The van der Waals surface area contributed by atoms with Crippen LogP contribution in [-0.2, 0) is 4.79 Å². The molecule has 0 radical (unpaired) electrons. The molecule has 1 aromatic carbocycles. The number of anilines is 1. The van der Waals surface area contributed by atoms with Crippen LogP contribution in [0.3, 0.4) is 0 Å². The molecule has 0 aromatic heterocycles. The van der Waals surface area contributed by atoms with Crippen LogP contribution >= 0.6 is 0 Å². The van der Waals surface area contributed by atoms with Crippen LogP contribution in [0.4, 0.5) is 10.5 Å². The van der Waals surface area contributed by atoms with Crippen LogP contribution in [-0.4, -0.2) is 48.6 Å². The Morgan fingerprint density at radius 2 is 1.73 bits per heavy atom. The van der Waals surface area contributed by atoms with Gasteiger partial charge < -0.3 is 15.0 Å². The summed E-state index contributed by atoms with van der Waals surface area (Å²) >= 11 is 0. The number of piperidine rings is 1. The lowest BCUT2D eigenvalue weighted by molar-refractivity contribution is -0.127. The Kier molecular flexibility index (Phi) is 6.49. The van der Waals surface area contributed by atoms with Gasteiger partial charge in [-0.25, -0.2) is 4.79 Å². The van der Waals surface area contributed by atoms with Crippen LogP contribution in [0.2, 0.25) is 0 Å². The van der Waals surface area contributed by atoms with Crippen molar-refractivity contribution < 1.29 is 14.3 Å². The maximum absolute atomic E-state index is 13.3. The van der Waals surface area contributed by atoms with Crippen molar-refractivity contribution in [2.75, 3.05) is 24.5 Å². The van der Waals surface area contributed by atoms with Crippen molar-refractivity contribution in [3.63, 3.8) is 0 Å². The molecule has 2 aliphatic heterocycles. The molecule has 1 atom stereocenters. The van der Waals surface area contributed by atoms with Crippen LogP contribution in [0.15, 0.2) is 18.2 Å². The molecule has 4 rings (SSSR count). The fourth-order valence-electron chi connectivity index (χ4n) is 4.98. The van der Waals surface area contributed by atoms with Crippen LogP contribution in [0.5, 0.6) is 5.75 Å². The van der Waals surface area contributed by atoms with Crippen molar-refractivity contribution in [1.82, 2.24) is 10.2 Å². The maximum Gasteiger partial charge on any atom is 0.324 e. The van der Waals surface area contributed by atoms with E-state index in [2.05, 4.69) is 5.32 Å². The van der Waals surface area contributed by atoms with E-state index in [0.29, 0.717) is 25.7 Å². The van der Waals surface area contributed by atoms with Gasteiger partial charge >= 0.3 is 6.03 Å². The molecule has 164 valence electrons. The molecule has 1 aliphatic carbocycles. The Morgan fingerprint density at radius 1 is 1.03 bits per heavy atom. The van der Waals surface area contributed by atoms with Gasteiger partial charge in [0.2, 0.25) is 5.91 Å². The Balaban J connectivity index is 1.34. The van der Waals surface area contributed by atoms with E-state index in [9.17, 15) is 9.59 Å². The summed E-state index contributed by atoms with van der Waals surface area (Å²) in [6.07, 6.45) is 8.68. The first-order valence-electron chi connectivity index (χ1n) is 11.7. The second-order valence-electron chi connectivity index (χ2n) is 9.25. The molecular formula is C24H35N3O3. The summed E-state index contributed by atoms with van der Waals surface area (Å²) in [6.45, 7) is 5.84. The number of rotatable bonds is 2. The third-order valence-electron chi connectivity index (χ3n) is 6.74. The molecule has 1 N–H and O–H groups in total. The van der Waals surface area contributed by atoms with Gasteiger partial charge in [-0.3, -0.25) is 9.69 Å². The largest absolute Gasteiger partial charge is 0.487 e. The predicted octanol–water partition coefficient (Wildman–Crippen LogP) is 4.25. The van der Waals surface area contributed by atoms with E-state index >= 15 is 0 Å². The van der Waals surface area contributed by atoms with Crippen LogP contribution < -0.4 is 15.0 Å². The minimum atomic E-state index is -0.0351. The van der Waals surface area contributed by atoms with Gasteiger partial charge in [0.05, 0.1) is 12.2 Å². The zero-order valence-electron chi connectivity index (χ0n) is 18.4. The van der Waals surface area contributed by atoms with Gasteiger partial charge in [0, 0.05) is 25.0 Å². The van der Waals surface area contributed by atoms with E-state index in [-0.39, 0.29) is 24.0 Å². The SMILES string of the molecule is Cc1ccc2c(c1)N(C(=O)N1CCC(C(=O)NC3CCCCCC3)CC1)CC(C)O2. The van der Waals surface area contributed by atoms with Gasteiger partial charge in [-0.05, 0) is 57.2 Å². The number of carbonyl (C=O) groups excluding carboxylic acids is 2. The summed E-state index contributed by atoms with van der Waals surface area (Å²) in [5.41, 5.74) is 1.96. The first-order valence-corrected chi connectivity index (χ1v) is 11.7. The van der Waals surface area contributed by atoms with Crippen molar-refractivity contribution in [3.8, 4) is 5.75 Å². The molecular weight excluding hydrogens is 378 g/mol. The molecule has 30 heavy (non-hydrogen) atoms. The monoisotopic (exact) mass is 413 g/mol. The smallest absolute Gasteiger partial charge is 0.324 e. The highest BCUT2D eigenvalue weighted by molar-refractivity contribution is 5.94. The molecule has 6 heteroatoms. The Morgan fingerprint density at radius 3 is 2.43 bits per heavy atom. The van der Waals surface area contributed by atoms with E-state index in [1.165, 1.54) is 25.7 Å². The normalized spacial score (nSPS) is 23.3. The van der Waals surface area contributed by atoms with E-state index < -0.39 is 0 Å². The van der Waals surface area contributed by atoms with Crippen molar-refractivity contribution in [3.05, 3.63) is 23.8 Å². The number of urea groups is 1. The highest BCUT2D eigenvalue weighted by Crippen LogP contribution is 2.35. The molecule has 3 aliphatic rings. The summed E-state index contributed by atoms with van der Waals surface area (Å²) in [7, 11) is 0. The third-order valence-corrected chi connectivity index (χ3v) is 6.74. The number of likely N-dealkylation sites (tertiary alicyclic amines) is 1. The summed E-state index contributed by atoms with van der Waals surface area (Å²) in [5.74, 6) is 0.982. The molecule has 0 spiro atoms. The average Bonchev–Trinajstić information content (AvgIpc) is 3.02. The van der Waals surface area contributed by atoms with Crippen molar-refractivity contribution >= 4 is 17.6 Å². The molecule has 1 aromatic rings. The molecule has 0 bridgehead atoms. The number of fused-ring (bicyclic) bond motifs is 1. The van der Waals surface area contributed by atoms with E-state index in [0.717, 1.165) is 42.7 Å². The molecule has 2 heterocycles. The number of nitrogens with one attached hydrogen (secondary N) is 1. The van der Waals surface area contributed by atoms with Gasteiger partial charge in [-0.1, -0.05) is 31.7 Å². The lowest BCUT2D eigenvalue weighted by Gasteiger charge is -2.39. The lowest BCUT2D eigenvalue weighted by Crippen LogP contribution is -2.52. The molecule has 1 saturated heterocycles. The molecule has 1 saturated carbocycles. The molecule has 1 unspecified atom stereocenters. The van der Waals surface area contributed by atoms with Gasteiger partial charge in [0.25, 0.3) is 0 Å². The molecule has 2 fully saturated rings. The topological polar surface area (TPSA) is 61.9 Å². The minimum Gasteiger partial charge on any atom is -0.487 e. The Labute approximate surface area is 179 Å². The minimum absolute atomic E-state index is 0.0236. The summed E-state index contributed by atoms with van der Waals surface area (Å²) < 4.78 is 5.92. The second-order valence-corrected chi connectivity index (χ2v) is 9.25. The van der Waals surface area contributed by atoms with Crippen molar-refractivity contribution in [2.45, 2.75) is 77.4 Å². The van der Waals surface area contributed by atoms with E-state index in [1.807, 2.05) is 41.8 Å². The average molecular weight is 414 g/mol. The highest BCUT2D eigenvalue weighted by atomic mass is 16.5. The first kappa shape index (κ1) is 21.0. The summed E-state index contributed by atoms with van der Waals surface area (Å²) in [6, 6.07) is 6.35. The Hall–Kier alpha value is -2.24. The number of hydrogen-bond acceptors (Lipinski definition) is 3. The molecule has 6 nitrogen and oxygen atoms in total. The zero-order valence-corrected chi connectivity index (χ0v) is 18.4. The fourth-order valence-corrected chi connectivity index (χ4v) is 4.98. The summed E-state index contributed by atoms with van der Waals surface area (Å²) in [4.78, 5) is 29.8. The van der Waals surface area contributed by atoms with Gasteiger partial charge in [-0.15, -0.1) is 0 Å². The number of nitrogens with zero attached hydrogens (tertiary/aromatic N) is 2. The summed E-state index contributed by atoms with van der Waals surface area (Å²) in [5, 5.41) is 3.29. The maximum atomic E-state index is 13.3. The Bertz CT molecular complexity index is 765. The number of ether oxygens (including phenoxy) is 1. The lowest BCUT2D eigenvalue weighted by atomic mass is 9.95. The van der Waals surface area contributed by atoms with Gasteiger partial charge in [0.15, 0.2) is 0 Å². The standard InChI is InChI=1S/C24H35N3O3/c1-17-9-10-22-21(15-17)27(16-18(2)30-22)24(29)26-13-11-19(12-14-26)23(28)25-20-7-5-3-4-6-8-20/h9-10,15,18-20H,3-8,11-14,16H2,1-2H3,(H,25,28). The van der Waals surface area contributed by atoms with E-state index in [4.69, 9.17) is 4.74 Å². The first-order chi connectivity index (χ1) is 14.5. The van der Waals surface area contributed by atoms with E-state index in [1.54, 1.807) is 0 Å². The number of aryl methyl sites for hydroxylation is 1.